The van der Waals surface area contributed by atoms with Crippen molar-refractivity contribution in [1.29, 1.82) is 0 Å². The third kappa shape index (κ3) is 5.19. The maximum atomic E-state index is 12.9. The zero-order chi connectivity index (χ0) is 25.3. The molecule has 0 unspecified atom stereocenters. The number of hydrogen-bond acceptors (Lipinski definition) is 6. The lowest BCUT2D eigenvalue weighted by Crippen LogP contribution is -2.57. The number of rotatable bonds is 5. The van der Waals surface area contributed by atoms with Gasteiger partial charge in [-0.3, -0.25) is 4.79 Å². The number of fused-ring (bicyclic) bond motifs is 1. The number of anilines is 1. The maximum absolute atomic E-state index is 12.9. The molecule has 2 aromatic heterocycles. The van der Waals surface area contributed by atoms with E-state index in [-0.39, 0.29) is 5.91 Å². The molecule has 0 radical (unpaired) electrons. The SMILES string of the molecule is O=C(NCc1ccc(Br)cc1)[C@H]1CN(c2ncnc3nn(-c4ccc(C(F)(F)F)cc4)cc23)CCN1. The van der Waals surface area contributed by atoms with Gasteiger partial charge in [-0.2, -0.15) is 13.2 Å². The van der Waals surface area contributed by atoms with Crippen molar-refractivity contribution < 1.29 is 18.0 Å². The Labute approximate surface area is 212 Å². The summed E-state index contributed by atoms with van der Waals surface area (Å²) in [6.07, 6.45) is -1.32. The summed E-state index contributed by atoms with van der Waals surface area (Å²) in [5.74, 6) is 0.499. The van der Waals surface area contributed by atoms with Gasteiger partial charge in [0, 0.05) is 36.8 Å². The normalized spacial score (nSPS) is 16.3. The van der Waals surface area contributed by atoms with Crippen LogP contribution in [0, 0.1) is 0 Å². The number of nitrogens with zero attached hydrogens (tertiary/aromatic N) is 5. The average Bonchev–Trinajstić information content (AvgIpc) is 3.32. The predicted octanol–water partition coefficient (Wildman–Crippen LogP) is 3.69. The smallest absolute Gasteiger partial charge is 0.353 e. The van der Waals surface area contributed by atoms with Gasteiger partial charge >= 0.3 is 6.18 Å². The molecule has 8 nitrogen and oxygen atoms in total. The van der Waals surface area contributed by atoms with Crippen LogP contribution in [0.25, 0.3) is 16.7 Å². The number of piperazine rings is 1. The third-order valence-corrected chi connectivity index (χ3v) is 6.45. The monoisotopic (exact) mass is 559 g/mol. The van der Waals surface area contributed by atoms with Gasteiger partial charge in [-0.1, -0.05) is 28.1 Å². The minimum Gasteiger partial charge on any atom is -0.353 e. The van der Waals surface area contributed by atoms with E-state index in [0.717, 1.165) is 22.2 Å². The van der Waals surface area contributed by atoms with Crippen LogP contribution < -0.4 is 15.5 Å². The fraction of sp³-hybridized carbons (Fsp3) is 0.250. The van der Waals surface area contributed by atoms with Crippen LogP contribution in [0.15, 0.2) is 65.5 Å². The molecule has 5 rings (SSSR count). The number of aromatic nitrogens is 4. The molecule has 1 amide bonds. The van der Waals surface area contributed by atoms with E-state index in [1.54, 1.807) is 6.20 Å². The summed E-state index contributed by atoms with van der Waals surface area (Å²) in [5, 5.41) is 11.3. The van der Waals surface area contributed by atoms with Crippen molar-refractivity contribution in [3.63, 3.8) is 0 Å². The first kappa shape index (κ1) is 24.2. The zero-order valence-corrected chi connectivity index (χ0v) is 20.4. The number of hydrogen-bond donors (Lipinski definition) is 2. The number of benzene rings is 2. The Morgan fingerprint density at radius 3 is 2.58 bits per heavy atom. The molecule has 1 fully saturated rings. The van der Waals surface area contributed by atoms with Crippen molar-refractivity contribution in [3.05, 3.63) is 76.7 Å². The Hall–Kier alpha value is -3.51. The Kier molecular flexibility index (Phi) is 6.63. The van der Waals surface area contributed by atoms with Crippen LogP contribution in [0.3, 0.4) is 0 Å². The van der Waals surface area contributed by atoms with Crippen LogP contribution in [0.5, 0.6) is 0 Å². The van der Waals surface area contributed by atoms with E-state index in [4.69, 9.17) is 0 Å². The zero-order valence-electron chi connectivity index (χ0n) is 18.8. The summed E-state index contributed by atoms with van der Waals surface area (Å²) >= 11 is 3.40. The molecule has 1 aliphatic rings. The minimum absolute atomic E-state index is 0.117. The molecule has 1 saturated heterocycles. The molecule has 186 valence electrons. The Morgan fingerprint density at radius 2 is 1.86 bits per heavy atom. The Morgan fingerprint density at radius 1 is 1.11 bits per heavy atom. The predicted molar refractivity (Wildman–Crippen MR) is 132 cm³/mol. The second kappa shape index (κ2) is 9.86. The molecule has 36 heavy (non-hydrogen) atoms. The van der Waals surface area contributed by atoms with Crippen molar-refractivity contribution in [1.82, 2.24) is 30.4 Å². The van der Waals surface area contributed by atoms with Crippen LogP contribution in [0.4, 0.5) is 19.0 Å². The van der Waals surface area contributed by atoms with Crippen LogP contribution in [0.2, 0.25) is 0 Å². The quantitative estimate of drug-likeness (QED) is 0.388. The summed E-state index contributed by atoms with van der Waals surface area (Å²) in [5.41, 5.74) is 1.15. The molecule has 0 spiro atoms. The topological polar surface area (TPSA) is 88.0 Å². The first-order chi connectivity index (χ1) is 17.3. The van der Waals surface area contributed by atoms with E-state index >= 15 is 0 Å². The lowest BCUT2D eigenvalue weighted by atomic mass is 10.1. The van der Waals surface area contributed by atoms with Gasteiger partial charge in [0.25, 0.3) is 0 Å². The standard InChI is InChI=1S/C24H21BrF3N7O/c25-17-5-1-15(2-6-17)11-30-23(36)20-13-34(10-9-29-20)22-19-12-35(33-21(19)31-14-32-22)18-7-3-16(4-8-18)24(26,27)28/h1-8,12,14,20,29H,9-11,13H2,(H,30,36)/t20-/m1/s1. The summed E-state index contributed by atoms with van der Waals surface area (Å²) in [6.45, 7) is 2.01. The molecule has 1 aliphatic heterocycles. The molecule has 3 heterocycles. The van der Waals surface area contributed by atoms with E-state index in [0.29, 0.717) is 48.7 Å². The number of alkyl halides is 3. The molecule has 2 N–H and O–H groups in total. The summed E-state index contributed by atoms with van der Waals surface area (Å²) in [6, 6.07) is 12.0. The molecule has 4 aromatic rings. The molecular formula is C24H21BrF3N7O. The van der Waals surface area contributed by atoms with E-state index in [1.165, 1.54) is 23.1 Å². The molecular weight excluding hydrogens is 539 g/mol. The highest BCUT2D eigenvalue weighted by Gasteiger charge is 2.30. The third-order valence-electron chi connectivity index (χ3n) is 5.93. The van der Waals surface area contributed by atoms with Gasteiger partial charge in [0.2, 0.25) is 5.91 Å². The van der Waals surface area contributed by atoms with Gasteiger partial charge in [-0.15, -0.1) is 5.10 Å². The lowest BCUT2D eigenvalue weighted by Gasteiger charge is -2.33. The summed E-state index contributed by atoms with van der Waals surface area (Å²) in [7, 11) is 0. The average molecular weight is 560 g/mol. The van der Waals surface area contributed by atoms with Crippen molar-refractivity contribution in [2.24, 2.45) is 0 Å². The van der Waals surface area contributed by atoms with Crippen molar-refractivity contribution in [2.45, 2.75) is 18.8 Å². The second-order valence-corrected chi connectivity index (χ2v) is 9.27. The summed E-state index contributed by atoms with van der Waals surface area (Å²) < 4.78 is 41.2. The van der Waals surface area contributed by atoms with Crippen LogP contribution in [0.1, 0.15) is 11.1 Å². The molecule has 0 bridgehead atoms. The van der Waals surface area contributed by atoms with Gasteiger partial charge in [0.05, 0.1) is 16.6 Å². The first-order valence-electron chi connectivity index (χ1n) is 11.2. The summed E-state index contributed by atoms with van der Waals surface area (Å²) in [4.78, 5) is 23.5. The second-order valence-electron chi connectivity index (χ2n) is 8.35. The molecule has 0 saturated carbocycles. The molecule has 1 atom stereocenters. The van der Waals surface area contributed by atoms with Gasteiger partial charge in [-0.05, 0) is 42.0 Å². The number of halogens is 4. The van der Waals surface area contributed by atoms with Crippen LogP contribution in [-0.2, 0) is 17.5 Å². The fourth-order valence-electron chi connectivity index (χ4n) is 4.05. The van der Waals surface area contributed by atoms with Gasteiger partial charge in [0.1, 0.15) is 18.2 Å². The molecule has 12 heteroatoms. The number of amides is 1. The number of carbonyl (C=O) groups excluding carboxylic acids is 1. The van der Waals surface area contributed by atoms with Gasteiger partial charge in [0.15, 0.2) is 5.65 Å². The van der Waals surface area contributed by atoms with E-state index < -0.39 is 17.8 Å². The largest absolute Gasteiger partial charge is 0.416 e. The highest BCUT2D eigenvalue weighted by Crippen LogP contribution is 2.30. The first-order valence-corrected chi connectivity index (χ1v) is 12.0. The lowest BCUT2D eigenvalue weighted by molar-refractivity contribution is -0.137. The highest BCUT2D eigenvalue weighted by atomic mass is 79.9. The molecule has 0 aliphatic carbocycles. The number of nitrogens with one attached hydrogen (secondary N) is 2. The van der Waals surface area contributed by atoms with E-state index in [2.05, 4.69) is 41.6 Å². The Balaban J connectivity index is 1.32. The van der Waals surface area contributed by atoms with Crippen molar-refractivity contribution in [3.8, 4) is 5.69 Å². The maximum Gasteiger partial charge on any atom is 0.416 e. The van der Waals surface area contributed by atoms with E-state index in [1.807, 2.05) is 29.2 Å². The van der Waals surface area contributed by atoms with Crippen molar-refractivity contribution >= 4 is 38.7 Å². The van der Waals surface area contributed by atoms with Crippen LogP contribution in [-0.4, -0.2) is 51.3 Å². The number of carbonyl (C=O) groups is 1. The Bertz CT molecular complexity index is 1370. The van der Waals surface area contributed by atoms with Gasteiger partial charge < -0.3 is 15.5 Å². The highest BCUT2D eigenvalue weighted by molar-refractivity contribution is 9.10. The minimum atomic E-state index is -4.41. The van der Waals surface area contributed by atoms with E-state index in [9.17, 15) is 18.0 Å². The molecule has 2 aromatic carbocycles. The van der Waals surface area contributed by atoms with Crippen LogP contribution >= 0.6 is 15.9 Å². The fourth-order valence-corrected chi connectivity index (χ4v) is 4.31. The van der Waals surface area contributed by atoms with Crippen molar-refractivity contribution in [2.75, 3.05) is 24.5 Å². The van der Waals surface area contributed by atoms with Gasteiger partial charge in [-0.25, -0.2) is 14.6 Å².